The second kappa shape index (κ2) is 13.4. The molecule has 0 atom stereocenters. The molecule has 8 heteroatoms. The van der Waals surface area contributed by atoms with E-state index < -0.39 is 17.6 Å². The summed E-state index contributed by atoms with van der Waals surface area (Å²) in [6, 6.07) is 1.64. The smallest absolute Gasteiger partial charge is 0.377 e. The number of hydrogen-bond acceptors (Lipinski definition) is 6. The van der Waals surface area contributed by atoms with Crippen LogP contribution in [0.4, 0.5) is 0 Å². The van der Waals surface area contributed by atoms with Crippen LogP contribution in [-0.2, 0) is 26.6 Å². The summed E-state index contributed by atoms with van der Waals surface area (Å²) in [7, 11) is 0.191. The first kappa shape index (κ1) is 26.4. The van der Waals surface area contributed by atoms with Gasteiger partial charge in [0.1, 0.15) is 0 Å². The van der Waals surface area contributed by atoms with Gasteiger partial charge in [0.25, 0.3) is 0 Å². The standard InChI is InChI=1S/C11H26O3Si.C5H14O3Si/c1-8-15(12-9(2)3,13-10(4)5)14-11(6)7;1-5-9(6-2,7-3)8-4/h9-11H,8H2,1-7H3;5H2,1-4H3. The molecule has 0 radical (unpaired) electrons. The van der Waals surface area contributed by atoms with Crippen molar-refractivity contribution in [3.8, 4) is 0 Å². The molecule has 0 bridgehead atoms. The SMILES string of the molecule is CC[Si](OC(C)C)(OC(C)C)OC(C)C.CC[Si](OC)(OC)OC. The summed E-state index contributed by atoms with van der Waals surface area (Å²) >= 11 is 0. The molecular formula is C16H40O6Si2. The van der Waals surface area contributed by atoms with Crippen LogP contribution in [0.15, 0.2) is 0 Å². The van der Waals surface area contributed by atoms with Gasteiger partial charge in [-0.05, 0) is 41.5 Å². The highest BCUT2D eigenvalue weighted by molar-refractivity contribution is 6.61. The van der Waals surface area contributed by atoms with Crippen LogP contribution >= 0.6 is 0 Å². The second-order valence-electron chi connectivity index (χ2n) is 6.19. The molecule has 0 rings (SSSR count). The normalized spacial score (nSPS) is 12.8. The molecule has 0 fully saturated rings. The molecule has 0 aliphatic carbocycles. The number of rotatable bonds is 11. The maximum atomic E-state index is 5.90. The Kier molecular flexibility index (Phi) is 14.8. The lowest BCUT2D eigenvalue weighted by Crippen LogP contribution is -2.50. The van der Waals surface area contributed by atoms with Crippen LogP contribution in [-0.4, -0.2) is 57.3 Å². The fourth-order valence-electron chi connectivity index (χ4n) is 2.09. The Morgan fingerprint density at radius 1 is 0.542 bits per heavy atom. The summed E-state index contributed by atoms with van der Waals surface area (Å²) < 4.78 is 32.9. The molecule has 0 aromatic carbocycles. The zero-order valence-corrected chi connectivity index (χ0v) is 19.6. The molecule has 148 valence electrons. The van der Waals surface area contributed by atoms with Crippen molar-refractivity contribution in [2.45, 2.75) is 85.8 Å². The first-order valence-electron chi connectivity index (χ1n) is 8.74. The van der Waals surface area contributed by atoms with Crippen molar-refractivity contribution in [2.75, 3.05) is 21.3 Å². The molecule has 24 heavy (non-hydrogen) atoms. The van der Waals surface area contributed by atoms with Crippen molar-refractivity contribution in [3.63, 3.8) is 0 Å². The van der Waals surface area contributed by atoms with Crippen LogP contribution < -0.4 is 0 Å². The van der Waals surface area contributed by atoms with Gasteiger partial charge in [0, 0.05) is 51.7 Å². The summed E-state index contributed by atoms with van der Waals surface area (Å²) in [6.45, 7) is 16.2. The maximum Gasteiger partial charge on any atom is 0.501 e. The minimum absolute atomic E-state index is 0.147. The Morgan fingerprint density at radius 2 is 0.792 bits per heavy atom. The molecule has 0 aliphatic heterocycles. The molecule has 0 saturated heterocycles. The summed E-state index contributed by atoms with van der Waals surface area (Å²) in [5, 5.41) is 0. The van der Waals surface area contributed by atoms with Gasteiger partial charge in [-0.2, -0.15) is 0 Å². The zero-order valence-electron chi connectivity index (χ0n) is 17.6. The molecule has 0 aromatic rings. The fourth-order valence-corrected chi connectivity index (χ4v) is 6.28. The zero-order chi connectivity index (χ0) is 19.4. The lowest BCUT2D eigenvalue weighted by Gasteiger charge is -2.33. The van der Waals surface area contributed by atoms with Crippen LogP contribution in [0.2, 0.25) is 12.1 Å². The lowest BCUT2D eigenvalue weighted by atomic mass is 10.5. The molecular weight excluding hydrogens is 344 g/mol. The Labute approximate surface area is 151 Å². The molecule has 0 N–H and O–H groups in total. The van der Waals surface area contributed by atoms with Gasteiger partial charge in [-0.15, -0.1) is 0 Å². The Bertz CT molecular complexity index is 252. The first-order chi connectivity index (χ1) is 11.1. The van der Waals surface area contributed by atoms with Crippen molar-refractivity contribution in [2.24, 2.45) is 0 Å². The molecule has 6 nitrogen and oxygen atoms in total. The van der Waals surface area contributed by atoms with E-state index in [0.29, 0.717) is 0 Å². The lowest BCUT2D eigenvalue weighted by molar-refractivity contribution is 0.00417. The monoisotopic (exact) mass is 384 g/mol. The predicted octanol–water partition coefficient (Wildman–Crippen LogP) is 4.10. The van der Waals surface area contributed by atoms with Gasteiger partial charge in [0.2, 0.25) is 0 Å². The van der Waals surface area contributed by atoms with E-state index in [1.165, 1.54) is 0 Å². The summed E-state index contributed by atoms with van der Waals surface area (Å²) in [5.41, 5.74) is 0. The van der Waals surface area contributed by atoms with E-state index in [1.54, 1.807) is 21.3 Å². The summed E-state index contributed by atoms with van der Waals surface area (Å²) in [5.74, 6) is 0. The minimum atomic E-state index is -2.46. The van der Waals surface area contributed by atoms with Gasteiger partial charge < -0.3 is 26.6 Å². The predicted molar refractivity (Wildman–Crippen MR) is 102 cm³/mol. The largest absolute Gasteiger partial charge is 0.501 e. The molecule has 0 spiro atoms. The van der Waals surface area contributed by atoms with Crippen LogP contribution in [0.5, 0.6) is 0 Å². The number of hydrogen-bond donors (Lipinski definition) is 0. The fraction of sp³-hybridized carbons (Fsp3) is 1.00. The molecule has 0 heterocycles. The van der Waals surface area contributed by atoms with Crippen molar-refractivity contribution in [3.05, 3.63) is 0 Å². The highest BCUT2D eigenvalue weighted by atomic mass is 28.4. The van der Waals surface area contributed by atoms with Crippen LogP contribution in [0.25, 0.3) is 0 Å². The highest BCUT2D eigenvalue weighted by Crippen LogP contribution is 2.21. The van der Waals surface area contributed by atoms with Crippen LogP contribution in [0, 0.1) is 0 Å². The Hall–Kier alpha value is 0.194. The van der Waals surface area contributed by atoms with E-state index in [0.717, 1.165) is 12.1 Å². The topological polar surface area (TPSA) is 55.4 Å². The van der Waals surface area contributed by atoms with E-state index in [9.17, 15) is 0 Å². The molecule has 0 amide bonds. The molecule has 0 unspecified atom stereocenters. The van der Waals surface area contributed by atoms with Gasteiger partial charge in [0.05, 0.1) is 0 Å². The third-order valence-electron chi connectivity index (χ3n) is 3.04. The summed E-state index contributed by atoms with van der Waals surface area (Å²) in [6.07, 6.45) is 0.442. The third kappa shape index (κ3) is 10.9. The van der Waals surface area contributed by atoms with Gasteiger partial charge >= 0.3 is 17.6 Å². The van der Waals surface area contributed by atoms with E-state index in [2.05, 4.69) is 6.92 Å². The van der Waals surface area contributed by atoms with Gasteiger partial charge in [-0.3, -0.25) is 0 Å². The van der Waals surface area contributed by atoms with Crippen LogP contribution in [0.1, 0.15) is 55.4 Å². The Balaban J connectivity index is 0. The molecule has 0 saturated carbocycles. The molecule has 0 aliphatic rings. The highest BCUT2D eigenvalue weighted by Gasteiger charge is 2.42. The maximum absolute atomic E-state index is 5.90. The van der Waals surface area contributed by atoms with Gasteiger partial charge in [-0.25, -0.2) is 0 Å². The average molecular weight is 385 g/mol. The minimum Gasteiger partial charge on any atom is -0.377 e. The van der Waals surface area contributed by atoms with Crippen molar-refractivity contribution in [1.29, 1.82) is 0 Å². The third-order valence-corrected chi connectivity index (χ3v) is 9.13. The van der Waals surface area contributed by atoms with E-state index in [4.69, 9.17) is 26.6 Å². The first-order valence-corrected chi connectivity index (χ1v) is 12.6. The van der Waals surface area contributed by atoms with Crippen LogP contribution in [0.3, 0.4) is 0 Å². The van der Waals surface area contributed by atoms with E-state index in [1.807, 2.05) is 48.5 Å². The van der Waals surface area contributed by atoms with Crippen molar-refractivity contribution >= 4 is 17.6 Å². The van der Waals surface area contributed by atoms with Gasteiger partial charge in [-0.1, -0.05) is 13.8 Å². The summed E-state index contributed by atoms with van der Waals surface area (Å²) in [4.78, 5) is 0. The van der Waals surface area contributed by atoms with Crippen molar-refractivity contribution in [1.82, 2.24) is 0 Å². The van der Waals surface area contributed by atoms with Crippen molar-refractivity contribution < 1.29 is 26.6 Å². The molecule has 0 aromatic heterocycles. The van der Waals surface area contributed by atoms with E-state index >= 15 is 0 Å². The quantitative estimate of drug-likeness (QED) is 0.500. The Morgan fingerprint density at radius 3 is 0.875 bits per heavy atom. The second-order valence-corrected chi connectivity index (χ2v) is 12.3. The van der Waals surface area contributed by atoms with E-state index in [-0.39, 0.29) is 18.3 Å². The van der Waals surface area contributed by atoms with Gasteiger partial charge in [0.15, 0.2) is 0 Å². The average Bonchev–Trinajstić information content (AvgIpc) is 2.48.